The van der Waals surface area contributed by atoms with Crippen LogP contribution in [0.15, 0.2) is 54.9 Å². The van der Waals surface area contributed by atoms with Gasteiger partial charge in [-0.15, -0.1) is 0 Å². The Morgan fingerprint density at radius 1 is 1.00 bits per heavy atom. The van der Waals surface area contributed by atoms with Crippen LogP contribution in [0, 0.1) is 6.92 Å². The Morgan fingerprint density at radius 3 is 2.51 bits per heavy atom. The third-order valence-corrected chi connectivity index (χ3v) is 7.20. The van der Waals surface area contributed by atoms with Crippen molar-refractivity contribution in [2.24, 2.45) is 0 Å². The first kappa shape index (κ1) is 25.8. The number of hydrogen-bond donors (Lipinski definition) is 0. The number of rotatable bonds is 11. The quantitative estimate of drug-likeness (QED) is 0.290. The Labute approximate surface area is 217 Å². The summed E-state index contributed by atoms with van der Waals surface area (Å²) in [6.45, 7) is 6.82. The first-order chi connectivity index (χ1) is 16.9. The maximum Gasteiger partial charge on any atom is 0.121 e. The second-order valence-corrected chi connectivity index (χ2v) is 9.97. The maximum atomic E-state index is 6.11. The molecule has 0 bridgehead atoms. The highest BCUT2D eigenvalue weighted by Crippen LogP contribution is 2.30. The summed E-state index contributed by atoms with van der Waals surface area (Å²) in [5, 5.41) is 5.33. The number of aromatic nitrogens is 2. The van der Waals surface area contributed by atoms with Crippen molar-refractivity contribution in [3.8, 4) is 11.5 Å². The molecule has 1 aromatic heterocycles. The molecule has 1 aliphatic rings. The molecule has 8 heteroatoms. The molecule has 35 heavy (non-hydrogen) atoms. The largest absolute Gasteiger partial charge is 0.494 e. The predicted octanol–water partition coefficient (Wildman–Crippen LogP) is 6.03. The van der Waals surface area contributed by atoms with E-state index in [0.29, 0.717) is 29.0 Å². The van der Waals surface area contributed by atoms with Crippen molar-refractivity contribution >= 4 is 23.2 Å². The van der Waals surface area contributed by atoms with Gasteiger partial charge in [0.1, 0.15) is 23.7 Å². The number of aryl methyl sites for hydroxylation is 2. The normalized spacial score (nSPS) is 15.8. The fourth-order valence-corrected chi connectivity index (χ4v) is 4.59. The van der Waals surface area contributed by atoms with E-state index in [-0.39, 0.29) is 5.60 Å². The summed E-state index contributed by atoms with van der Waals surface area (Å²) in [4.78, 5) is 2.45. The van der Waals surface area contributed by atoms with Crippen LogP contribution in [-0.2, 0) is 17.8 Å². The minimum atomic E-state index is -0.305. The highest BCUT2D eigenvalue weighted by molar-refractivity contribution is 6.42. The fourth-order valence-electron chi connectivity index (χ4n) is 4.31. The SMILES string of the molecule is COC1(COc2ccc(Cl)c(Cl)c2)CCN(Cc2cccc(OCCCn3cc(C)cn3)c2)CC1. The van der Waals surface area contributed by atoms with Crippen molar-refractivity contribution in [2.45, 2.75) is 44.9 Å². The molecule has 0 amide bonds. The molecular formula is C27H33Cl2N3O3. The molecule has 1 aliphatic heterocycles. The summed E-state index contributed by atoms with van der Waals surface area (Å²) in [6, 6.07) is 13.7. The van der Waals surface area contributed by atoms with Gasteiger partial charge >= 0.3 is 0 Å². The number of benzene rings is 2. The summed E-state index contributed by atoms with van der Waals surface area (Å²) in [6.07, 6.45) is 6.64. The number of hydrogen-bond acceptors (Lipinski definition) is 5. The van der Waals surface area contributed by atoms with Crippen molar-refractivity contribution in [3.05, 3.63) is 76.0 Å². The van der Waals surface area contributed by atoms with Crippen LogP contribution in [0.1, 0.15) is 30.4 Å². The van der Waals surface area contributed by atoms with Crippen molar-refractivity contribution < 1.29 is 14.2 Å². The summed E-state index contributed by atoms with van der Waals surface area (Å²) < 4.78 is 19.9. The zero-order valence-corrected chi connectivity index (χ0v) is 21.9. The summed E-state index contributed by atoms with van der Waals surface area (Å²) in [5.74, 6) is 1.62. The maximum absolute atomic E-state index is 6.11. The molecule has 1 saturated heterocycles. The van der Waals surface area contributed by atoms with E-state index in [2.05, 4.69) is 41.3 Å². The van der Waals surface area contributed by atoms with Crippen molar-refractivity contribution in [3.63, 3.8) is 0 Å². The molecule has 0 unspecified atom stereocenters. The average Bonchev–Trinajstić information content (AvgIpc) is 3.29. The Morgan fingerprint density at radius 2 is 1.80 bits per heavy atom. The topological polar surface area (TPSA) is 48.8 Å². The van der Waals surface area contributed by atoms with E-state index in [9.17, 15) is 0 Å². The highest BCUT2D eigenvalue weighted by atomic mass is 35.5. The third kappa shape index (κ3) is 7.37. The lowest BCUT2D eigenvalue weighted by molar-refractivity contribution is -0.0839. The molecule has 0 saturated carbocycles. The van der Waals surface area contributed by atoms with E-state index in [1.54, 1.807) is 19.2 Å². The molecule has 4 rings (SSSR count). The molecule has 0 N–H and O–H groups in total. The zero-order valence-electron chi connectivity index (χ0n) is 20.4. The fraction of sp³-hybridized carbons (Fsp3) is 0.444. The van der Waals surface area contributed by atoms with E-state index in [1.807, 2.05) is 23.0 Å². The van der Waals surface area contributed by atoms with Crippen molar-refractivity contribution in [1.82, 2.24) is 14.7 Å². The van der Waals surface area contributed by atoms with Gasteiger partial charge in [-0.3, -0.25) is 9.58 Å². The van der Waals surface area contributed by atoms with Gasteiger partial charge in [0.2, 0.25) is 0 Å². The smallest absolute Gasteiger partial charge is 0.121 e. The molecule has 0 aliphatic carbocycles. The Bertz CT molecular complexity index is 1100. The number of nitrogens with zero attached hydrogens (tertiary/aromatic N) is 3. The van der Waals surface area contributed by atoms with E-state index in [1.165, 1.54) is 11.1 Å². The number of ether oxygens (including phenoxy) is 3. The van der Waals surface area contributed by atoms with Gasteiger partial charge in [0, 0.05) is 52.0 Å². The lowest BCUT2D eigenvalue weighted by atomic mass is 9.91. The van der Waals surface area contributed by atoms with Crippen LogP contribution in [0.2, 0.25) is 10.0 Å². The molecule has 188 valence electrons. The van der Waals surface area contributed by atoms with Gasteiger partial charge in [-0.1, -0.05) is 35.3 Å². The minimum absolute atomic E-state index is 0.305. The first-order valence-electron chi connectivity index (χ1n) is 12.0. The predicted molar refractivity (Wildman–Crippen MR) is 140 cm³/mol. The average molecular weight is 518 g/mol. The number of methoxy groups -OCH3 is 1. The first-order valence-corrected chi connectivity index (χ1v) is 12.8. The number of halogens is 2. The molecule has 2 aromatic carbocycles. The van der Waals surface area contributed by atoms with E-state index < -0.39 is 0 Å². The van der Waals surface area contributed by atoms with Crippen LogP contribution in [0.4, 0.5) is 0 Å². The Balaban J connectivity index is 1.22. The van der Waals surface area contributed by atoms with E-state index >= 15 is 0 Å². The Hall–Kier alpha value is -2.25. The molecule has 0 radical (unpaired) electrons. The lowest BCUT2D eigenvalue weighted by Gasteiger charge is -2.40. The van der Waals surface area contributed by atoms with Crippen LogP contribution in [0.5, 0.6) is 11.5 Å². The van der Waals surface area contributed by atoms with Crippen molar-refractivity contribution in [2.75, 3.05) is 33.4 Å². The lowest BCUT2D eigenvalue weighted by Crippen LogP contribution is -2.48. The van der Waals surface area contributed by atoms with E-state index in [4.69, 9.17) is 37.4 Å². The highest BCUT2D eigenvalue weighted by Gasteiger charge is 2.35. The molecule has 1 fully saturated rings. The number of piperidine rings is 1. The standard InChI is InChI=1S/C27H33Cl2N3O3/c1-21-17-30-32(18-21)11-4-14-34-23-6-3-5-22(15-23)19-31-12-9-27(33-2,10-13-31)20-35-24-7-8-25(28)26(29)16-24/h3,5-8,15-18H,4,9-14,19-20H2,1-2H3. The monoisotopic (exact) mass is 517 g/mol. The van der Waals surface area contributed by atoms with E-state index in [0.717, 1.165) is 51.2 Å². The van der Waals surface area contributed by atoms with Crippen LogP contribution >= 0.6 is 23.2 Å². The van der Waals surface area contributed by atoms with Gasteiger partial charge in [-0.05, 0) is 55.2 Å². The van der Waals surface area contributed by atoms with Crippen LogP contribution in [0.25, 0.3) is 0 Å². The second-order valence-electron chi connectivity index (χ2n) is 9.16. The molecule has 0 atom stereocenters. The van der Waals surface area contributed by atoms with Crippen LogP contribution < -0.4 is 9.47 Å². The van der Waals surface area contributed by atoms with Gasteiger partial charge in [-0.25, -0.2) is 0 Å². The second kappa shape index (κ2) is 12.1. The zero-order chi connectivity index (χ0) is 24.7. The summed E-state index contributed by atoms with van der Waals surface area (Å²) in [7, 11) is 1.77. The van der Waals surface area contributed by atoms with Gasteiger partial charge in [0.25, 0.3) is 0 Å². The van der Waals surface area contributed by atoms with Crippen LogP contribution in [0.3, 0.4) is 0 Å². The molecule has 3 aromatic rings. The molecule has 0 spiro atoms. The van der Waals surface area contributed by atoms with Gasteiger partial charge in [0.05, 0.1) is 22.8 Å². The summed E-state index contributed by atoms with van der Waals surface area (Å²) >= 11 is 12.1. The molecule has 6 nitrogen and oxygen atoms in total. The van der Waals surface area contributed by atoms with Gasteiger partial charge in [0.15, 0.2) is 0 Å². The van der Waals surface area contributed by atoms with Gasteiger partial charge < -0.3 is 14.2 Å². The number of likely N-dealkylation sites (tertiary alicyclic amines) is 1. The van der Waals surface area contributed by atoms with Crippen molar-refractivity contribution in [1.29, 1.82) is 0 Å². The summed E-state index contributed by atoms with van der Waals surface area (Å²) in [5.41, 5.74) is 2.13. The van der Waals surface area contributed by atoms with Gasteiger partial charge in [-0.2, -0.15) is 5.10 Å². The third-order valence-electron chi connectivity index (χ3n) is 6.46. The minimum Gasteiger partial charge on any atom is -0.494 e. The molecular weight excluding hydrogens is 485 g/mol. The molecule has 2 heterocycles. The Kier molecular flexibility index (Phi) is 8.95. The van der Waals surface area contributed by atoms with Crippen LogP contribution in [-0.4, -0.2) is 53.7 Å².